The fourth-order valence-corrected chi connectivity index (χ4v) is 2.65. The number of aromatic hydroxyl groups is 1. The number of nitrogens with zero attached hydrogens (tertiary/aromatic N) is 2. The molecule has 0 aliphatic carbocycles. The lowest BCUT2D eigenvalue weighted by Crippen LogP contribution is -2.31. The van der Waals surface area contributed by atoms with E-state index in [0.29, 0.717) is 11.4 Å². The Labute approximate surface area is 150 Å². The molecule has 0 radical (unpaired) electrons. The molecule has 2 aromatic carbocycles. The van der Waals surface area contributed by atoms with Gasteiger partial charge in [0.1, 0.15) is 5.56 Å². The number of aromatic amines is 1. The first-order valence-corrected chi connectivity index (χ1v) is 8.13. The van der Waals surface area contributed by atoms with Gasteiger partial charge in [-0.25, -0.2) is 9.36 Å². The molecule has 3 aromatic rings. The summed E-state index contributed by atoms with van der Waals surface area (Å²) in [5.74, 6) is -0.446. The Morgan fingerprint density at radius 2 is 1.77 bits per heavy atom. The number of nitrogens with one attached hydrogen (secondary N) is 1. The van der Waals surface area contributed by atoms with Crippen molar-refractivity contribution in [1.29, 1.82) is 0 Å². The molecular formula is C20H19N3O3. The van der Waals surface area contributed by atoms with Crippen LogP contribution >= 0.6 is 0 Å². The molecule has 1 heterocycles. The number of aliphatic imine (C=N–C) groups is 1. The molecule has 0 amide bonds. The quantitative estimate of drug-likeness (QED) is 0.713. The minimum absolute atomic E-state index is 0.0768. The molecule has 0 fully saturated rings. The molecule has 6 nitrogen and oxygen atoms in total. The van der Waals surface area contributed by atoms with Gasteiger partial charge < -0.3 is 5.11 Å². The SMILES string of the molecule is Cc1cccc(-n2c(O)c(C=Nc3cc(C)ccc3C)c(=O)[nH]c2=O)c1. The Kier molecular flexibility index (Phi) is 4.58. The lowest BCUT2D eigenvalue weighted by molar-refractivity contribution is 0.430. The maximum atomic E-state index is 12.2. The number of benzene rings is 2. The Morgan fingerprint density at radius 1 is 1.04 bits per heavy atom. The lowest BCUT2D eigenvalue weighted by atomic mass is 10.1. The highest BCUT2D eigenvalue weighted by molar-refractivity contribution is 5.84. The molecule has 132 valence electrons. The van der Waals surface area contributed by atoms with E-state index in [1.165, 1.54) is 6.21 Å². The maximum Gasteiger partial charge on any atom is 0.335 e. The zero-order valence-corrected chi connectivity index (χ0v) is 14.8. The van der Waals surface area contributed by atoms with Gasteiger partial charge >= 0.3 is 5.69 Å². The van der Waals surface area contributed by atoms with E-state index in [1.54, 1.807) is 18.2 Å². The van der Waals surface area contributed by atoms with E-state index in [4.69, 9.17) is 0 Å². The predicted octanol–water partition coefficient (Wildman–Crippen LogP) is 2.91. The first-order valence-electron chi connectivity index (χ1n) is 8.13. The van der Waals surface area contributed by atoms with Crippen molar-refractivity contribution in [2.45, 2.75) is 20.8 Å². The van der Waals surface area contributed by atoms with Crippen molar-refractivity contribution in [1.82, 2.24) is 9.55 Å². The molecule has 0 unspecified atom stereocenters. The van der Waals surface area contributed by atoms with E-state index in [2.05, 4.69) is 9.98 Å². The van der Waals surface area contributed by atoms with Gasteiger partial charge in [-0.05, 0) is 55.7 Å². The van der Waals surface area contributed by atoms with E-state index in [0.717, 1.165) is 21.3 Å². The number of hydrogen-bond acceptors (Lipinski definition) is 4. The summed E-state index contributed by atoms with van der Waals surface area (Å²) in [6, 6.07) is 12.8. The Bertz CT molecular complexity index is 1120. The summed E-state index contributed by atoms with van der Waals surface area (Å²) in [5, 5.41) is 10.5. The van der Waals surface area contributed by atoms with Gasteiger partial charge in [0.15, 0.2) is 0 Å². The number of hydrogen-bond donors (Lipinski definition) is 2. The van der Waals surface area contributed by atoms with Crippen LogP contribution in [0, 0.1) is 20.8 Å². The van der Waals surface area contributed by atoms with Crippen molar-refractivity contribution in [3.63, 3.8) is 0 Å². The number of rotatable bonds is 3. The zero-order chi connectivity index (χ0) is 18.8. The van der Waals surface area contributed by atoms with Crippen LogP contribution in [-0.2, 0) is 0 Å². The third-order valence-corrected chi connectivity index (χ3v) is 4.08. The van der Waals surface area contributed by atoms with Gasteiger partial charge in [-0.3, -0.25) is 14.8 Å². The highest BCUT2D eigenvalue weighted by Gasteiger charge is 2.14. The summed E-state index contributed by atoms with van der Waals surface area (Å²) in [5.41, 5.74) is 2.58. The largest absolute Gasteiger partial charge is 0.493 e. The Morgan fingerprint density at radius 3 is 2.50 bits per heavy atom. The molecule has 0 aliphatic rings. The predicted molar refractivity (Wildman–Crippen MR) is 102 cm³/mol. The van der Waals surface area contributed by atoms with Gasteiger partial charge in [-0.15, -0.1) is 0 Å². The highest BCUT2D eigenvalue weighted by atomic mass is 16.3. The molecule has 2 N–H and O–H groups in total. The molecule has 1 aromatic heterocycles. The van der Waals surface area contributed by atoms with Crippen molar-refractivity contribution in [2.24, 2.45) is 4.99 Å². The monoisotopic (exact) mass is 349 g/mol. The van der Waals surface area contributed by atoms with Crippen molar-refractivity contribution in [3.8, 4) is 11.6 Å². The van der Waals surface area contributed by atoms with Crippen LogP contribution in [0.15, 0.2) is 57.0 Å². The summed E-state index contributed by atoms with van der Waals surface area (Å²) in [6.45, 7) is 5.73. The summed E-state index contributed by atoms with van der Waals surface area (Å²) in [6.07, 6.45) is 1.28. The second kappa shape index (κ2) is 6.84. The van der Waals surface area contributed by atoms with Crippen molar-refractivity contribution in [3.05, 3.63) is 85.6 Å². The maximum absolute atomic E-state index is 12.2. The Balaban J connectivity index is 2.15. The molecule has 0 aliphatic heterocycles. The van der Waals surface area contributed by atoms with Gasteiger partial charge in [0.25, 0.3) is 5.56 Å². The van der Waals surface area contributed by atoms with E-state index < -0.39 is 17.1 Å². The smallest absolute Gasteiger partial charge is 0.335 e. The van der Waals surface area contributed by atoms with E-state index in [9.17, 15) is 14.7 Å². The average molecular weight is 349 g/mol. The van der Waals surface area contributed by atoms with Gasteiger partial charge in [-0.2, -0.15) is 0 Å². The molecule has 0 atom stereocenters. The first-order chi connectivity index (χ1) is 12.4. The second-order valence-corrected chi connectivity index (χ2v) is 6.22. The second-order valence-electron chi connectivity index (χ2n) is 6.22. The molecule has 26 heavy (non-hydrogen) atoms. The molecule has 0 saturated carbocycles. The van der Waals surface area contributed by atoms with E-state index >= 15 is 0 Å². The molecule has 0 spiro atoms. The van der Waals surface area contributed by atoms with Crippen LogP contribution < -0.4 is 11.2 Å². The summed E-state index contributed by atoms with van der Waals surface area (Å²) >= 11 is 0. The number of H-pyrrole nitrogens is 1. The standard InChI is InChI=1S/C20H19N3O3/c1-12-5-4-6-15(9-12)23-19(25)16(18(24)22-20(23)26)11-21-17-10-13(2)7-8-14(17)3/h4-11,25H,1-3H3,(H,22,24,26). The van der Waals surface area contributed by atoms with E-state index in [1.807, 2.05) is 45.0 Å². The fourth-order valence-electron chi connectivity index (χ4n) is 2.65. The molecular weight excluding hydrogens is 330 g/mol. The first kappa shape index (κ1) is 17.4. The van der Waals surface area contributed by atoms with Crippen molar-refractivity contribution < 1.29 is 5.11 Å². The van der Waals surface area contributed by atoms with Crippen LogP contribution in [-0.4, -0.2) is 20.9 Å². The third-order valence-electron chi connectivity index (χ3n) is 4.08. The highest BCUT2D eigenvalue weighted by Crippen LogP contribution is 2.21. The van der Waals surface area contributed by atoms with Crippen molar-refractivity contribution in [2.75, 3.05) is 0 Å². The van der Waals surface area contributed by atoms with Crippen LogP contribution in [0.4, 0.5) is 5.69 Å². The summed E-state index contributed by atoms with van der Waals surface area (Å²) in [4.78, 5) is 30.9. The van der Waals surface area contributed by atoms with Gasteiger partial charge in [0.2, 0.25) is 5.88 Å². The molecule has 6 heteroatoms. The fraction of sp³-hybridized carbons (Fsp3) is 0.150. The van der Waals surface area contributed by atoms with Crippen LogP contribution in [0.3, 0.4) is 0 Å². The minimum Gasteiger partial charge on any atom is -0.493 e. The summed E-state index contributed by atoms with van der Waals surface area (Å²) < 4.78 is 1.05. The zero-order valence-electron chi connectivity index (χ0n) is 14.8. The topological polar surface area (TPSA) is 87.4 Å². The minimum atomic E-state index is -0.706. The normalized spacial score (nSPS) is 11.2. The van der Waals surface area contributed by atoms with Crippen LogP contribution in [0.25, 0.3) is 5.69 Å². The lowest BCUT2D eigenvalue weighted by Gasteiger charge is -2.10. The van der Waals surface area contributed by atoms with Gasteiger partial charge in [0, 0.05) is 6.21 Å². The van der Waals surface area contributed by atoms with Crippen LogP contribution in [0.5, 0.6) is 5.88 Å². The van der Waals surface area contributed by atoms with Crippen LogP contribution in [0.1, 0.15) is 22.3 Å². The van der Waals surface area contributed by atoms with Crippen LogP contribution in [0.2, 0.25) is 0 Å². The third kappa shape index (κ3) is 3.35. The summed E-state index contributed by atoms with van der Waals surface area (Å²) in [7, 11) is 0. The number of aromatic nitrogens is 2. The van der Waals surface area contributed by atoms with Crippen molar-refractivity contribution >= 4 is 11.9 Å². The average Bonchev–Trinajstić information content (AvgIpc) is 2.57. The molecule has 0 bridgehead atoms. The molecule has 0 saturated heterocycles. The molecule has 3 rings (SSSR count). The van der Waals surface area contributed by atoms with Gasteiger partial charge in [-0.1, -0.05) is 24.3 Å². The van der Waals surface area contributed by atoms with E-state index in [-0.39, 0.29) is 5.56 Å². The Hall–Kier alpha value is -3.41. The number of aryl methyl sites for hydroxylation is 3. The van der Waals surface area contributed by atoms with Gasteiger partial charge in [0.05, 0.1) is 11.4 Å².